The monoisotopic (exact) mass is 418 g/mol. The van der Waals surface area contributed by atoms with E-state index in [-0.39, 0.29) is 11.7 Å². The number of anilines is 1. The van der Waals surface area contributed by atoms with E-state index < -0.39 is 0 Å². The Bertz CT molecular complexity index is 960. The number of benzene rings is 2. The maximum atomic E-state index is 12.2. The van der Waals surface area contributed by atoms with Crippen LogP contribution in [-0.4, -0.2) is 26.4 Å². The van der Waals surface area contributed by atoms with Crippen LogP contribution in [0.25, 0.3) is 11.4 Å². The Hall–Kier alpha value is -2.28. The summed E-state index contributed by atoms with van der Waals surface area (Å²) in [5.41, 5.74) is 1.55. The predicted octanol–water partition coefficient (Wildman–Crippen LogP) is 5.17. The molecular weight excluding hydrogens is 403 g/mol. The quantitative estimate of drug-likeness (QED) is 0.424. The highest BCUT2D eigenvalue weighted by molar-refractivity contribution is 7.99. The van der Waals surface area contributed by atoms with E-state index in [0.717, 1.165) is 11.3 Å². The highest BCUT2D eigenvalue weighted by Gasteiger charge is 2.16. The number of amides is 1. The molecule has 0 spiro atoms. The number of carbonyl (C=O) groups excluding carboxylic acids is 1. The molecule has 1 aromatic heterocycles. The van der Waals surface area contributed by atoms with Crippen molar-refractivity contribution in [3.63, 3.8) is 0 Å². The van der Waals surface area contributed by atoms with E-state index in [9.17, 15) is 4.79 Å². The van der Waals surface area contributed by atoms with Gasteiger partial charge in [0.2, 0.25) is 5.91 Å². The number of para-hydroxylation sites is 1. The molecule has 5 nitrogen and oxygen atoms in total. The Kier molecular flexibility index (Phi) is 6.55. The average Bonchev–Trinajstić information content (AvgIpc) is 3.06. The summed E-state index contributed by atoms with van der Waals surface area (Å²) >= 11 is 13.4. The van der Waals surface area contributed by atoms with Crippen LogP contribution in [0.4, 0.5) is 5.69 Å². The predicted molar refractivity (Wildman–Crippen MR) is 111 cm³/mol. The van der Waals surface area contributed by atoms with E-state index in [1.807, 2.05) is 41.0 Å². The van der Waals surface area contributed by atoms with Gasteiger partial charge in [0.15, 0.2) is 11.0 Å². The molecule has 3 rings (SSSR count). The zero-order chi connectivity index (χ0) is 19.2. The molecule has 0 aliphatic heterocycles. The number of aromatic nitrogens is 3. The topological polar surface area (TPSA) is 59.8 Å². The van der Waals surface area contributed by atoms with Gasteiger partial charge < -0.3 is 5.32 Å². The van der Waals surface area contributed by atoms with Gasteiger partial charge in [-0.05, 0) is 30.3 Å². The lowest BCUT2D eigenvalue weighted by molar-refractivity contribution is -0.113. The van der Waals surface area contributed by atoms with Crippen LogP contribution in [0, 0.1) is 0 Å². The third kappa shape index (κ3) is 4.91. The number of hydrogen-bond donors (Lipinski definition) is 1. The van der Waals surface area contributed by atoms with Gasteiger partial charge >= 0.3 is 0 Å². The third-order valence-corrected chi connectivity index (χ3v) is 5.30. The summed E-state index contributed by atoms with van der Waals surface area (Å²) in [4.78, 5) is 12.2. The molecular formula is C19H16Cl2N4OS. The Morgan fingerprint density at radius 3 is 2.63 bits per heavy atom. The average molecular weight is 419 g/mol. The van der Waals surface area contributed by atoms with Gasteiger partial charge in [0.25, 0.3) is 0 Å². The highest BCUT2D eigenvalue weighted by Crippen LogP contribution is 2.29. The van der Waals surface area contributed by atoms with Crippen LogP contribution in [0.3, 0.4) is 0 Å². The number of halogens is 2. The largest absolute Gasteiger partial charge is 0.325 e. The third-order valence-electron chi connectivity index (χ3n) is 3.60. The molecule has 0 bridgehead atoms. The Labute approximate surface area is 171 Å². The molecule has 0 aliphatic rings. The van der Waals surface area contributed by atoms with Crippen LogP contribution < -0.4 is 5.32 Å². The van der Waals surface area contributed by atoms with Crippen LogP contribution in [-0.2, 0) is 11.3 Å². The SMILES string of the molecule is C=CCn1c(SCC(=O)Nc2ccccc2)nnc1-c1ccc(Cl)c(Cl)c1. The fourth-order valence-electron chi connectivity index (χ4n) is 2.39. The molecule has 0 fully saturated rings. The Balaban J connectivity index is 1.75. The van der Waals surface area contributed by atoms with E-state index in [4.69, 9.17) is 23.2 Å². The van der Waals surface area contributed by atoms with Crippen molar-refractivity contribution in [2.75, 3.05) is 11.1 Å². The first-order chi connectivity index (χ1) is 13.1. The van der Waals surface area contributed by atoms with Crippen LogP contribution in [0.1, 0.15) is 0 Å². The summed E-state index contributed by atoms with van der Waals surface area (Å²) in [6.45, 7) is 4.29. The van der Waals surface area contributed by atoms with E-state index >= 15 is 0 Å². The summed E-state index contributed by atoms with van der Waals surface area (Å²) in [5.74, 6) is 0.737. The number of allylic oxidation sites excluding steroid dienone is 1. The zero-order valence-corrected chi connectivity index (χ0v) is 16.6. The molecule has 0 saturated heterocycles. The molecule has 2 aromatic carbocycles. The maximum absolute atomic E-state index is 12.2. The summed E-state index contributed by atoms with van der Waals surface area (Å²) in [5, 5.41) is 12.9. The van der Waals surface area contributed by atoms with Crippen molar-refractivity contribution in [3.05, 3.63) is 71.2 Å². The molecule has 27 heavy (non-hydrogen) atoms. The van der Waals surface area contributed by atoms with E-state index in [2.05, 4.69) is 22.1 Å². The second-order valence-electron chi connectivity index (χ2n) is 5.54. The van der Waals surface area contributed by atoms with Gasteiger partial charge in [-0.3, -0.25) is 9.36 Å². The molecule has 138 valence electrons. The fraction of sp³-hybridized carbons (Fsp3) is 0.105. The van der Waals surface area contributed by atoms with Crippen molar-refractivity contribution in [2.24, 2.45) is 0 Å². The van der Waals surface area contributed by atoms with Crippen molar-refractivity contribution >= 4 is 46.6 Å². The van der Waals surface area contributed by atoms with Gasteiger partial charge in [-0.2, -0.15) is 0 Å². The standard InChI is InChI=1S/C19H16Cl2N4OS/c1-2-10-25-18(13-8-9-15(20)16(21)11-13)23-24-19(25)27-12-17(26)22-14-6-4-3-5-7-14/h2-9,11H,1,10,12H2,(H,22,26). The smallest absolute Gasteiger partial charge is 0.234 e. The first-order valence-electron chi connectivity index (χ1n) is 8.05. The fourth-order valence-corrected chi connectivity index (χ4v) is 3.43. The van der Waals surface area contributed by atoms with Gasteiger partial charge in [0.1, 0.15) is 0 Å². The van der Waals surface area contributed by atoms with Crippen LogP contribution in [0.15, 0.2) is 66.3 Å². The number of rotatable bonds is 7. The summed E-state index contributed by atoms with van der Waals surface area (Å²) < 4.78 is 1.88. The molecule has 1 N–H and O–H groups in total. The van der Waals surface area contributed by atoms with Crippen molar-refractivity contribution < 1.29 is 4.79 Å². The molecule has 0 aliphatic carbocycles. The lowest BCUT2D eigenvalue weighted by atomic mass is 10.2. The highest BCUT2D eigenvalue weighted by atomic mass is 35.5. The van der Waals surface area contributed by atoms with Gasteiger partial charge in [0, 0.05) is 17.8 Å². The summed E-state index contributed by atoms with van der Waals surface area (Å²) in [6.07, 6.45) is 1.75. The molecule has 0 atom stereocenters. The second-order valence-corrected chi connectivity index (χ2v) is 7.29. The van der Waals surface area contributed by atoms with Gasteiger partial charge in [0.05, 0.1) is 15.8 Å². The summed E-state index contributed by atoms with van der Waals surface area (Å²) in [6, 6.07) is 14.6. The van der Waals surface area contributed by atoms with Gasteiger partial charge in [-0.15, -0.1) is 16.8 Å². The first kappa shape index (κ1) is 19.5. The maximum Gasteiger partial charge on any atom is 0.234 e. The number of hydrogen-bond acceptors (Lipinski definition) is 4. The van der Waals surface area contributed by atoms with Crippen molar-refractivity contribution in [3.8, 4) is 11.4 Å². The molecule has 3 aromatic rings. The normalized spacial score (nSPS) is 10.6. The van der Waals surface area contributed by atoms with Crippen LogP contribution >= 0.6 is 35.0 Å². The van der Waals surface area contributed by atoms with Crippen molar-refractivity contribution in [1.29, 1.82) is 0 Å². The zero-order valence-electron chi connectivity index (χ0n) is 14.2. The van der Waals surface area contributed by atoms with Crippen LogP contribution in [0.2, 0.25) is 10.0 Å². The molecule has 0 saturated carbocycles. The minimum Gasteiger partial charge on any atom is -0.325 e. The number of thioether (sulfide) groups is 1. The van der Waals surface area contributed by atoms with Gasteiger partial charge in [-0.25, -0.2) is 0 Å². The molecule has 8 heteroatoms. The lowest BCUT2D eigenvalue weighted by Gasteiger charge is -2.09. The molecule has 0 radical (unpaired) electrons. The van der Waals surface area contributed by atoms with E-state index in [0.29, 0.717) is 27.6 Å². The number of nitrogens with zero attached hydrogens (tertiary/aromatic N) is 3. The second kappa shape index (κ2) is 9.08. The Morgan fingerprint density at radius 1 is 1.15 bits per heavy atom. The number of carbonyl (C=O) groups is 1. The van der Waals surface area contributed by atoms with E-state index in [1.165, 1.54) is 11.8 Å². The van der Waals surface area contributed by atoms with E-state index in [1.54, 1.807) is 18.2 Å². The first-order valence-corrected chi connectivity index (χ1v) is 9.80. The van der Waals surface area contributed by atoms with Crippen LogP contribution in [0.5, 0.6) is 0 Å². The minimum absolute atomic E-state index is 0.115. The van der Waals surface area contributed by atoms with Crippen molar-refractivity contribution in [2.45, 2.75) is 11.7 Å². The molecule has 0 unspecified atom stereocenters. The summed E-state index contributed by atoms with van der Waals surface area (Å²) in [7, 11) is 0. The lowest BCUT2D eigenvalue weighted by Crippen LogP contribution is -2.14. The Morgan fingerprint density at radius 2 is 1.93 bits per heavy atom. The van der Waals surface area contributed by atoms with Gasteiger partial charge in [-0.1, -0.05) is 59.2 Å². The molecule has 1 heterocycles. The molecule has 1 amide bonds. The number of nitrogens with one attached hydrogen (secondary N) is 1. The van der Waals surface area contributed by atoms with Crippen molar-refractivity contribution in [1.82, 2.24) is 14.8 Å². The minimum atomic E-state index is -0.115.